The normalized spacial score (nSPS) is 18.1. The number of nitrogens with zero attached hydrogens (tertiary/aromatic N) is 2. The molecule has 2 rings (SSSR count). The Hall–Kier alpha value is -1.75. The van der Waals surface area contributed by atoms with Crippen LogP contribution in [0.4, 0.5) is 5.69 Å². The molecule has 0 radical (unpaired) electrons. The summed E-state index contributed by atoms with van der Waals surface area (Å²) in [6.45, 7) is 5.01. The molecule has 1 fully saturated rings. The van der Waals surface area contributed by atoms with Gasteiger partial charge in [-0.1, -0.05) is 12.1 Å². The highest BCUT2D eigenvalue weighted by atomic mass is 16.5. The van der Waals surface area contributed by atoms with E-state index in [4.69, 9.17) is 4.74 Å². The van der Waals surface area contributed by atoms with Crippen molar-refractivity contribution in [3.8, 4) is 5.75 Å². The molecule has 1 aliphatic heterocycles. The topological polar surface area (TPSA) is 53.0 Å². The van der Waals surface area contributed by atoms with Crippen molar-refractivity contribution in [3.63, 3.8) is 0 Å². The van der Waals surface area contributed by atoms with Crippen molar-refractivity contribution in [1.82, 2.24) is 4.90 Å². The fourth-order valence-corrected chi connectivity index (χ4v) is 2.40. The van der Waals surface area contributed by atoms with E-state index in [1.165, 1.54) is 7.11 Å². The minimum atomic E-state index is -0.212. The summed E-state index contributed by atoms with van der Waals surface area (Å²) in [5.74, 6) is 0.105. The third-order valence-corrected chi connectivity index (χ3v) is 3.63. The van der Waals surface area contributed by atoms with E-state index in [9.17, 15) is 9.90 Å². The van der Waals surface area contributed by atoms with E-state index in [1.807, 2.05) is 25.1 Å². The van der Waals surface area contributed by atoms with Gasteiger partial charge in [-0.05, 0) is 19.1 Å². The number of para-hydroxylation sites is 2. The number of carbonyl (C=O) groups is 1. The molecule has 1 N–H and O–H groups in total. The first-order valence-corrected chi connectivity index (χ1v) is 6.48. The highest BCUT2D eigenvalue weighted by Crippen LogP contribution is 2.27. The van der Waals surface area contributed by atoms with Crippen LogP contribution in [0.25, 0.3) is 0 Å². The van der Waals surface area contributed by atoms with Crippen molar-refractivity contribution >= 4 is 11.7 Å². The van der Waals surface area contributed by atoms with Crippen molar-refractivity contribution in [1.29, 1.82) is 0 Å². The summed E-state index contributed by atoms with van der Waals surface area (Å²) in [4.78, 5) is 15.7. The average Bonchev–Trinajstić information content (AvgIpc) is 2.46. The van der Waals surface area contributed by atoms with Crippen molar-refractivity contribution in [2.45, 2.75) is 13.0 Å². The number of carbonyl (C=O) groups excluding carboxylic acids is 1. The number of anilines is 1. The maximum Gasteiger partial charge on any atom is 0.322 e. The van der Waals surface area contributed by atoms with Crippen molar-refractivity contribution < 1.29 is 14.6 Å². The number of hydrogen-bond acceptors (Lipinski definition) is 5. The van der Waals surface area contributed by atoms with E-state index in [0.717, 1.165) is 31.9 Å². The van der Waals surface area contributed by atoms with E-state index in [1.54, 1.807) is 6.07 Å². The number of rotatable bonds is 3. The molecule has 0 saturated carbocycles. The number of aromatic hydroxyl groups is 1. The first kappa shape index (κ1) is 13.7. The summed E-state index contributed by atoms with van der Waals surface area (Å²) in [5.41, 5.74) is 0.855. The number of ether oxygens (including phenoxy) is 1. The number of phenolic OH excluding ortho intramolecular Hbond substituents is 1. The lowest BCUT2D eigenvalue weighted by molar-refractivity contribution is -0.146. The van der Waals surface area contributed by atoms with E-state index in [0.29, 0.717) is 5.75 Å². The van der Waals surface area contributed by atoms with Gasteiger partial charge < -0.3 is 14.7 Å². The van der Waals surface area contributed by atoms with Crippen molar-refractivity contribution in [2.24, 2.45) is 0 Å². The molecule has 1 saturated heterocycles. The van der Waals surface area contributed by atoms with Crippen LogP contribution in [0.3, 0.4) is 0 Å². The van der Waals surface area contributed by atoms with Gasteiger partial charge in [-0.3, -0.25) is 9.69 Å². The van der Waals surface area contributed by atoms with Gasteiger partial charge >= 0.3 is 5.97 Å². The number of esters is 1. The highest BCUT2D eigenvalue weighted by Gasteiger charge is 2.26. The minimum absolute atomic E-state index is 0.198. The molecule has 1 heterocycles. The van der Waals surface area contributed by atoms with Crippen LogP contribution >= 0.6 is 0 Å². The van der Waals surface area contributed by atoms with Crippen LogP contribution in [-0.2, 0) is 9.53 Å². The zero-order valence-corrected chi connectivity index (χ0v) is 11.4. The number of piperazine rings is 1. The van der Waals surface area contributed by atoms with Gasteiger partial charge in [0, 0.05) is 26.2 Å². The van der Waals surface area contributed by atoms with Crippen LogP contribution in [0.5, 0.6) is 5.75 Å². The van der Waals surface area contributed by atoms with Gasteiger partial charge in [-0.2, -0.15) is 0 Å². The monoisotopic (exact) mass is 264 g/mol. The summed E-state index contributed by atoms with van der Waals surface area (Å²) >= 11 is 0. The molecule has 1 aromatic carbocycles. The summed E-state index contributed by atoms with van der Waals surface area (Å²) in [7, 11) is 1.41. The summed E-state index contributed by atoms with van der Waals surface area (Å²) in [6, 6.07) is 7.12. The van der Waals surface area contributed by atoms with Gasteiger partial charge in [0.2, 0.25) is 0 Å². The van der Waals surface area contributed by atoms with Crippen LogP contribution in [0.1, 0.15) is 6.92 Å². The Bertz CT molecular complexity index is 442. The van der Waals surface area contributed by atoms with Crippen LogP contribution in [0, 0.1) is 0 Å². The average molecular weight is 264 g/mol. The summed E-state index contributed by atoms with van der Waals surface area (Å²) < 4.78 is 4.76. The van der Waals surface area contributed by atoms with Gasteiger partial charge in [0.1, 0.15) is 11.8 Å². The van der Waals surface area contributed by atoms with E-state index in [-0.39, 0.29) is 12.0 Å². The molecule has 0 aliphatic carbocycles. The lowest BCUT2D eigenvalue weighted by Gasteiger charge is -2.38. The second-order valence-corrected chi connectivity index (χ2v) is 4.71. The Morgan fingerprint density at radius 3 is 2.47 bits per heavy atom. The lowest BCUT2D eigenvalue weighted by atomic mass is 10.2. The molecular weight excluding hydrogens is 244 g/mol. The Morgan fingerprint density at radius 2 is 1.89 bits per heavy atom. The van der Waals surface area contributed by atoms with Gasteiger partial charge in [-0.25, -0.2) is 0 Å². The van der Waals surface area contributed by atoms with Gasteiger partial charge in [0.15, 0.2) is 0 Å². The summed E-state index contributed by atoms with van der Waals surface area (Å²) in [6.07, 6.45) is 0. The predicted octanol–water partition coefficient (Wildman–Crippen LogP) is 1.08. The summed E-state index contributed by atoms with van der Waals surface area (Å²) in [5, 5.41) is 9.83. The first-order valence-electron chi connectivity index (χ1n) is 6.48. The molecule has 0 aromatic heterocycles. The minimum Gasteiger partial charge on any atom is -0.506 e. The fourth-order valence-electron chi connectivity index (χ4n) is 2.40. The Balaban J connectivity index is 1.96. The maximum atomic E-state index is 11.5. The standard InChI is InChI=1S/C14H20N2O3/c1-11(14(18)19-2)15-7-9-16(10-8-15)12-5-3-4-6-13(12)17/h3-6,11,17H,7-10H2,1-2H3/t11-/m1/s1. The predicted molar refractivity (Wildman–Crippen MR) is 73.4 cm³/mol. The van der Waals surface area contributed by atoms with Crippen LogP contribution in [-0.4, -0.2) is 55.3 Å². The van der Waals surface area contributed by atoms with Crippen LogP contribution < -0.4 is 4.90 Å². The largest absolute Gasteiger partial charge is 0.506 e. The number of hydrogen-bond donors (Lipinski definition) is 1. The quantitative estimate of drug-likeness (QED) is 0.828. The van der Waals surface area contributed by atoms with Crippen molar-refractivity contribution in [3.05, 3.63) is 24.3 Å². The highest BCUT2D eigenvalue weighted by molar-refractivity contribution is 5.75. The molecule has 104 valence electrons. The molecule has 0 bridgehead atoms. The molecule has 1 aromatic rings. The third kappa shape index (κ3) is 2.98. The SMILES string of the molecule is COC(=O)[C@@H](C)N1CCN(c2ccccc2O)CC1. The molecular formula is C14H20N2O3. The second kappa shape index (κ2) is 5.93. The Kier molecular flexibility index (Phi) is 4.27. The molecule has 0 unspecified atom stereocenters. The zero-order valence-electron chi connectivity index (χ0n) is 11.4. The van der Waals surface area contributed by atoms with Crippen LogP contribution in [0.2, 0.25) is 0 Å². The third-order valence-electron chi connectivity index (χ3n) is 3.63. The number of benzene rings is 1. The Labute approximate surface area is 113 Å². The number of phenols is 1. The smallest absolute Gasteiger partial charge is 0.322 e. The molecule has 0 spiro atoms. The lowest BCUT2D eigenvalue weighted by Crippen LogP contribution is -2.52. The van der Waals surface area contributed by atoms with E-state index >= 15 is 0 Å². The molecule has 0 amide bonds. The second-order valence-electron chi connectivity index (χ2n) is 4.71. The Morgan fingerprint density at radius 1 is 1.26 bits per heavy atom. The van der Waals surface area contributed by atoms with E-state index in [2.05, 4.69) is 9.80 Å². The molecule has 5 heteroatoms. The molecule has 1 aliphatic rings. The van der Waals surface area contributed by atoms with Gasteiger partial charge in [0.05, 0.1) is 12.8 Å². The van der Waals surface area contributed by atoms with Crippen LogP contribution in [0.15, 0.2) is 24.3 Å². The number of methoxy groups -OCH3 is 1. The molecule has 19 heavy (non-hydrogen) atoms. The van der Waals surface area contributed by atoms with Gasteiger partial charge in [0.25, 0.3) is 0 Å². The van der Waals surface area contributed by atoms with E-state index < -0.39 is 0 Å². The maximum absolute atomic E-state index is 11.5. The van der Waals surface area contributed by atoms with Crippen molar-refractivity contribution in [2.75, 3.05) is 38.2 Å². The molecule has 5 nitrogen and oxygen atoms in total. The first-order chi connectivity index (χ1) is 9.13. The van der Waals surface area contributed by atoms with Gasteiger partial charge in [-0.15, -0.1) is 0 Å². The zero-order chi connectivity index (χ0) is 13.8. The fraction of sp³-hybridized carbons (Fsp3) is 0.500. The molecule has 1 atom stereocenters.